The Labute approximate surface area is 111 Å². The molecule has 3 rings (SSSR count). The Bertz CT molecular complexity index is 626. The van der Waals surface area contributed by atoms with E-state index in [2.05, 4.69) is 80.4 Å². The summed E-state index contributed by atoms with van der Waals surface area (Å²) in [6.45, 7) is 0. The predicted molar refractivity (Wildman–Crippen MR) is 76.9 cm³/mol. The summed E-state index contributed by atoms with van der Waals surface area (Å²) < 4.78 is 2.28. The van der Waals surface area contributed by atoms with Crippen molar-refractivity contribution < 1.29 is 0 Å². The predicted octanol–water partition coefficient (Wildman–Crippen LogP) is 5.52. The Morgan fingerprint density at radius 2 is 1.00 bits per heavy atom. The second-order valence-corrected chi connectivity index (χ2v) is 5.45. The van der Waals surface area contributed by atoms with E-state index in [0.29, 0.717) is 0 Å². The van der Waals surface area contributed by atoms with Crippen LogP contribution in [0.4, 0.5) is 0 Å². The first-order chi connectivity index (χ1) is 7.77. The molecule has 0 aromatic heterocycles. The lowest BCUT2D eigenvalue weighted by Gasteiger charge is -2.07. The van der Waals surface area contributed by atoms with Crippen LogP contribution in [0.5, 0.6) is 0 Å². The molecule has 0 heterocycles. The topological polar surface area (TPSA) is 0 Å². The van der Waals surface area contributed by atoms with Crippen molar-refractivity contribution in [3.8, 4) is 0 Å². The molecule has 3 aromatic carbocycles. The van der Waals surface area contributed by atoms with Crippen LogP contribution >= 0.6 is 31.9 Å². The van der Waals surface area contributed by atoms with Gasteiger partial charge in [-0.3, -0.25) is 0 Å². The normalized spacial score (nSPS) is 11.1. The second-order valence-electron chi connectivity index (χ2n) is 3.74. The van der Waals surface area contributed by atoms with Gasteiger partial charge in [0.2, 0.25) is 0 Å². The van der Waals surface area contributed by atoms with Crippen LogP contribution in [0, 0.1) is 0 Å². The molecule has 0 aliphatic heterocycles. The summed E-state index contributed by atoms with van der Waals surface area (Å²) in [4.78, 5) is 0. The molecular formula is C14H8Br2. The Balaban J connectivity index is 2.67. The van der Waals surface area contributed by atoms with Gasteiger partial charge in [-0.25, -0.2) is 0 Å². The average molecular weight is 336 g/mol. The number of hydrogen-bond donors (Lipinski definition) is 0. The van der Waals surface area contributed by atoms with Crippen molar-refractivity contribution in [3.05, 3.63) is 57.5 Å². The summed E-state index contributed by atoms with van der Waals surface area (Å²) in [6.07, 6.45) is 0. The molecule has 0 atom stereocenters. The first-order valence-corrected chi connectivity index (χ1v) is 6.61. The van der Waals surface area contributed by atoms with Crippen molar-refractivity contribution in [1.82, 2.24) is 0 Å². The lowest BCUT2D eigenvalue weighted by Crippen LogP contribution is -1.80. The Hall–Kier alpha value is -0.860. The van der Waals surface area contributed by atoms with E-state index in [0.717, 1.165) is 8.95 Å². The SMILES string of the molecule is Brc1cccc2ccc3cccc(Br)c3c12. The quantitative estimate of drug-likeness (QED) is 0.474. The Morgan fingerprint density at radius 3 is 1.44 bits per heavy atom. The molecule has 78 valence electrons. The van der Waals surface area contributed by atoms with Crippen LogP contribution in [-0.2, 0) is 0 Å². The summed E-state index contributed by atoms with van der Waals surface area (Å²) >= 11 is 7.26. The van der Waals surface area contributed by atoms with Gasteiger partial charge in [0.25, 0.3) is 0 Å². The first-order valence-electron chi connectivity index (χ1n) is 5.03. The molecule has 0 bridgehead atoms. The van der Waals surface area contributed by atoms with Crippen molar-refractivity contribution in [2.75, 3.05) is 0 Å². The maximum atomic E-state index is 3.63. The molecular weight excluding hydrogens is 328 g/mol. The standard InChI is InChI=1S/C14H8Br2/c15-11-5-1-3-9-7-8-10-4-2-6-12(16)14(10)13(9)11/h1-8H. The first kappa shape index (κ1) is 10.3. The molecule has 0 radical (unpaired) electrons. The van der Waals surface area contributed by atoms with E-state index < -0.39 is 0 Å². The van der Waals surface area contributed by atoms with Gasteiger partial charge < -0.3 is 0 Å². The Kier molecular flexibility index (Phi) is 2.49. The minimum atomic E-state index is 1.14. The van der Waals surface area contributed by atoms with Gasteiger partial charge in [-0.15, -0.1) is 0 Å². The lowest BCUT2D eigenvalue weighted by molar-refractivity contribution is 1.71. The second kappa shape index (κ2) is 3.86. The van der Waals surface area contributed by atoms with E-state index >= 15 is 0 Å². The van der Waals surface area contributed by atoms with Crippen LogP contribution in [0.2, 0.25) is 0 Å². The molecule has 0 unspecified atom stereocenters. The third-order valence-corrected chi connectivity index (χ3v) is 4.11. The fourth-order valence-electron chi connectivity index (χ4n) is 2.07. The van der Waals surface area contributed by atoms with E-state index in [-0.39, 0.29) is 0 Å². The van der Waals surface area contributed by atoms with Crippen molar-refractivity contribution in [3.63, 3.8) is 0 Å². The van der Waals surface area contributed by atoms with Crippen molar-refractivity contribution in [1.29, 1.82) is 0 Å². The highest BCUT2D eigenvalue weighted by molar-refractivity contribution is 9.11. The molecule has 0 nitrogen and oxygen atoms in total. The summed E-state index contributed by atoms with van der Waals surface area (Å²) in [7, 11) is 0. The highest BCUT2D eigenvalue weighted by atomic mass is 79.9. The molecule has 0 saturated carbocycles. The van der Waals surface area contributed by atoms with Crippen LogP contribution in [0.1, 0.15) is 0 Å². The van der Waals surface area contributed by atoms with E-state index in [4.69, 9.17) is 0 Å². The highest BCUT2D eigenvalue weighted by Crippen LogP contribution is 2.35. The fourth-order valence-corrected chi connectivity index (χ4v) is 3.23. The zero-order chi connectivity index (χ0) is 11.1. The lowest BCUT2D eigenvalue weighted by atomic mass is 10.0. The minimum absolute atomic E-state index is 1.14. The molecule has 0 spiro atoms. The van der Waals surface area contributed by atoms with Crippen LogP contribution in [0.3, 0.4) is 0 Å². The van der Waals surface area contributed by atoms with E-state index in [1.807, 2.05) is 0 Å². The summed E-state index contributed by atoms with van der Waals surface area (Å²) in [6, 6.07) is 16.9. The number of fused-ring (bicyclic) bond motifs is 3. The summed E-state index contributed by atoms with van der Waals surface area (Å²) in [5, 5.41) is 5.06. The van der Waals surface area contributed by atoms with Gasteiger partial charge in [-0.05, 0) is 22.9 Å². The zero-order valence-corrected chi connectivity index (χ0v) is 11.5. The van der Waals surface area contributed by atoms with Gasteiger partial charge in [0.15, 0.2) is 0 Å². The molecule has 16 heavy (non-hydrogen) atoms. The maximum Gasteiger partial charge on any atom is 0.0260 e. The molecule has 0 amide bonds. The summed E-state index contributed by atoms with van der Waals surface area (Å²) in [5.41, 5.74) is 0. The van der Waals surface area contributed by atoms with Gasteiger partial charge in [-0.2, -0.15) is 0 Å². The molecule has 0 aliphatic rings. The van der Waals surface area contributed by atoms with Crippen molar-refractivity contribution >= 4 is 53.4 Å². The highest BCUT2D eigenvalue weighted by Gasteiger charge is 2.06. The third-order valence-electron chi connectivity index (χ3n) is 2.78. The minimum Gasteiger partial charge on any atom is -0.0605 e. The number of halogens is 2. The van der Waals surface area contributed by atoms with Crippen LogP contribution < -0.4 is 0 Å². The molecule has 3 aromatic rings. The molecule has 0 fully saturated rings. The monoisotopic (exact) mass is 334 g/mol. The molecule has 2 heteroatoms. The van der Waals surface area contributed by atoms with Crippen molar-refractivity contribution in [2.45, 2.75) is 0 Å². The largest absolute Gasteiger partial charge is 0.0605 e. The molecule has 0 N–H and O–H groups in total. The maximum absolute atomic E-state index is 3.63. The van der Waals surface area contributed by atoms with Crippen molar-refractivity contribution in [2.24, 2.45) is 0 Å². The number of hydrogen-bond acceptors (Lipinski definition) is 0. The van der Waals surface area contributed by atoms with Gasteiger partial charge in [0.1, 0.15) is 0 Å². The number of benzene rings is 3. The van der Waals surface area contributed by atoms with Gasteiger partial charge in [0.05, 0.1) is 0 Å². The van der Waals surface area contributed by atoms with Gasteiger partial charge in [0, 0.05) is 19.7 Å². The van der Waals surface area contributed by atoms with E-state index in [1.54, 1.807) is 0 Å². The smallest absolute Gasteiger partial charge is 0.0260 e. The third kappa shape index (κ3) is 1.48. The summed E-state index contributed by atoms with van der Waals surface area (Å²) in [5.74, 6) is 0. The molecule has 0 saturated heterocycles. The fraction of sp³-hybridized carbons (Fsp3) is 0. The van der Waals surface area contributed by atoms with Gasteiger partial charge >= 0.3 is 0 Å². The average Bonchev–Trinajstić information content (AvgIpc) is 2.29. The molecule has 0 aliphatic carbocycles. The van der Waals surface area contributed by atoms with Crippen LogP contribution in [-0.4, -0.2) is 0 Å². The van der Waals surface area contributed by atoms with Crippen LogP contribution in [0.25, 0.3) is 21.5 Å². The van der Waals surface area contributed by atoms with E-state index in [9.17, 15) is 0 Å². The zero-order valence-electron chi connectivity index (χ0n) is 8.37. The Morgan fingerprint density at radius 1 is 0.562 bits per heavy atom. The van der Waals surface area contributed by atoms with Crippen LogP contribution in [0.15, 0.2) is 57.5 Å². The van der Waals surface area contributed by atoms with E-state index in [1.165, 1.54) is 21.5 Å². The van der Waals surface area contributed by atoms with Gasteiger partial charge in [-0.1, -0.05) is 68.3 Å². The number of rotatable bonds is 0.